The highest BCUT2D eigenvalue weighted by atomic mass is 19.1. The van der Waals surface area contributed by atoms with Gasteiger partial charge in [0.15, 0.2) is 0 Å². The van der Waals surface area contributed by atoms with Gasteiger partial charge in [0.05, 0.1) is 5.69 Å². The van der Waals surface area contributed by atoms with Gasteiger partial charge in [-0.05, 0) is 93.5 Å². The van der Waals surface area contributed by atoms with Crippen LogP contribution in [0, 0.1) is 0 Å². The summed E-state index contributed by atoms with van der Waals surface area (Å²) in [5.74, 6) is 2.60. The summed E-state index contributed by atoms with van der Waals surface area (Å²) in [5.41, 5.74) is 12.5. The van der Waals surface area contributed by atoms with E-state index in [2.05, 4.69) is 48.8 Å². The number of hydrogen-bond donors (Lipinski definition) is 1. The molecule has 1 aliphatic carbocycles. The van der Waals surface area contributed by atoms with Gasteiger partial charge in [0.25, 0.3) is 0 Å². The molecular weight excluding hydrogens is 509 g/mol. The van der Waals surface area contributed by atoms with E-state index in [4.69, 9.17) is 15.7 Å². The number of aryl methyl sites for hydroxylation is 2. The molecule has 0 bridgehead atoms. The van der Waals surface area contributed by atoms with Crippen molar-refractivity contribution in [1.82, 2.24) is 14.9 Å². The van der Waals surface area contributed by atoms with E-state index in [9.17, 15) is 4.39 Å². The van der Waals surface area contributed by atoms with Crippen LogP contribution in [-0.4, -0.2) is 52.8 Å². The molecule has 1 aromatic heterocycles. The van der Waals surface area contributed by atoms with E-state index in [1.54, 1.807) is 0 Å². The number of aromatic nitrogens is 2. The third-order valence-corrected chi connectivity index (χ3v) is 9.88. The number of nitrogen functional groups attached to an aromatic ring is 1. The zero-order chi connectivity index (χ0) is 29.4. The Kier molecular flexibility index (Phi) is 11.4. The quantitative estimate of drug-likeness (QED) is 0.314. The largest absolute Gasteiger partial charge is 0.399 e. The second kappa shape index (κ2) is 14.8. The topological polar surface area (TPSA) is 58.3 Å². The van der Waals surface area contributed by atoms with Gasteiger partial charge in [0, 0.05) is 42.8 Å². The van der Waals surface area contributed by atoms with Crippen molar-refractivity contribution < 1.29 is 4.39 Å². The van der Waals surface area contributed by atoms with Crippen molar-refractivity contribution in [3.05, 3.63) is 46.4 Å². The number of halogens is 1. The molecule has 0 amide bonds. The predicted octanol–water partition coefficient (Wildman–Crippen LogP) is 7.84. The summed E-state index contributed by atoms with van der Waals surface area (Å²) < 4.78 is 14.6. The van der Waals surface area contributed by atoms with Crippen LogP contribution in [0.2, 0.25) is 0 Å². The third-order valence-electron chi connectivity index (χ3n) is 9.88. The van der Waals surface area contributed by atoms with E-state index in [0.29, 0.717) is 18.9 Å². The van der Waals surface area contributed by atoms with Gasteiger partial charge in [-0.15, -0.1) is 0 Å². The monoisotopic (exact) mass is 565 g/mol. The van der Waals surface area contributed by atoms with Crippen molar-refractivity contribution >= 4 is 11.5 Å². The molecule has 0 spiro atoms. The van der Waals surface area contributed by atoms with Crippen molar-refractivity contribution in [2.75, 3.05) is 36.8 Å². The number of benzene rings is 1. The zero-order valence-corrected chi connectivity index (χ0v) is 26.7. The zero-order valence-electron chi connectivity index (χ0n) is 26.7. The van der Waals surface area contributed by atoms with Crippen LogP contribution in [0.1, 0.15) is 127 Å². The number of fused-ring (bicyclic) bond motifs is 1. The van der Waals surface area contributed by atoms with Crippen LogP contribution in [0.4, 0.5) is 15.9 Å². The Bertz CT molecular complexity index is 1110. The Balaban J connectivity index is 0.00000189. The van der Waals surface area contributed by atoms with Crippen LogP contribution in [0.5, 0.6) is 0 Å². The van der Waals surface area contributed by atoms with Gasteiger partial charge in [0.1, 0.15) is 17.8 Å². The van der Waals surface area contributed by atoms with E-state index in [1.165, 1.54) is 53.9 Å². The lowest BCUT2D eigenvalue weighted by Crippen LogP contribution is -2.43. The molecule has 228 valence electrons. The molecule has 3 heterocycles. The molecule has 2 aromatic rings. The lowest BCUT2D eigenvalue weighted by atomic mass is 9.79. The van der Waals surface area contributed by atoms with E-state index in [0.717, 1.165) is 82.5 Å². The molecule has 0 radical (unpaired) electrons. The lowest BCUT2D eigenvalue weighted by Gasteiger charge is -2.37. The molecule has 2 unspecified atom stereocenters. The number of hydrogen-bond acceptors (Lipinski definition) is 5. The molecule has 5 rings (SSSR count). The first-order valence-electron chi connectivity index (χ1n) is 16.9. The number of likely N-dealkylation sites (tertiary alicyclic amines) is 1. The fourth-order valence-corrected chi connectivity index (χ4v) is 7.71. The summed E-state index contributed by atoms with van der Waals surface area (Å²) in [5, 5.41) is 0. The van der Waals surface area contributed by atoms with Gasteiger partial charge >= 0.3 is 0 Å². The van der Waals surface area contributed by atoms with Gasteiger partial charge in [0.2, 0.25) is 0 Å². The summed E-state index contributed by atoms with van der Waals surface area (Å²) in [6, 6.07) is 6.51. The molecule has 0 saturated carbocycles. The molecule has 3 atom stereocenters. The highest BCUT2D eigenvalue weighted by Crippen LogP contribution is 2.40. The Morgan fingerprint density at radius 2 is 1.78 bits per heavy atom. The van der Waals surface area contributed by atoms with Crippen molar-refractivity contribution in [2.24, 2.45) is 0 Å². The SMILES string of the molecule is CC.CCCc1ccc(N)cc1C1CCc2c(nc(CC[C@]3(CC)CC(F)CN3CC)nc2N2CCCCCC2)C1. The van der Waals surface area contributed by atoms with Gasteiger partial charge in [-0.3, -0.25) is 4.90 Å². The summed E-state index contributed by atoms with van der Waals surface area (Å²) in [7, 11) is 0. The van der Waals surface area contributed by atoms with Gasteiger partial charge in [-0.1, -0.05) is 59.9 Å². The number of nitrogens with two attached hydrogens (primary N) is 1. The molecule has 6 heteroatoms. The molecule has 2 aliphatic heterocycles. The number of nitrogens with zero attached hydrogens (tertiary/aromatic N) is 4. The van der Waals surface area contributed by atoms with Gasteiger partial charge in [-0.25, -0.2) is 14.4 Å². The molecule has 2 fully saturated rings. The maximum Gasteiger partial charge on any atom is 0.135 e. The van der Waals surface area contributed by atoms with Crippen molar-refractivity contribution in [3.63, 3.8) is 0 Å². The molecule has 41 heavy (non-hydrogen) atoms. The van der Waals surface area contributed by atoms with Gasteiger partial charge < -0.3 is 10.6 Å². The molecule has 3 aliphatic rings. The number of rotatable bonds is 9. The third kappa shape index (κ3) is 7.24. The standard InChI is InChI=1S/C33H50FN5.C2H6/c1-4-11-24-12-14-27(35)21-29(24)25-13-15-28-30(20-25)36-31(37-32(28)38-18-9-7-8-10-19-38)16-17-33(5-2)22-26(34)23-39(33)6-3;1-2/h12,14,21,25-26H,4-11,13,15-20,22-23,35H2,1-3H3;1-2H3/t25?,26?,33-;/m1./s1. The van der Waals surface area contributed by atoms with Crippen LogP contribution in [-0.2, 0) is 25.7 Å². The van der Waals surface area contributed by atoms with Crippen molar-refractivity contribution in [3.8, 4) is 0 Å². The Hall–Kier alpha value is -2.21. The highest BCUT2D eigenvalue weighted by Gasteiger charge is 2.43. The molecule has 2 saturated heterocycles. The van der Waals surface area contributed by atoms with Crippen molar-refractivity contribution in [2.45, 2.75) is 136 Å². The minimum Gasteiger partial charge on any atom is -0.399 e. The molecule has 2 N–H and O–H groups in total. The Morgan fingerprint density at radius 1 is 1.02 bits per heavy atom. The van der Waals surface area contributed by atoms with E-state index >= 15 is 0 Å². The number of anilines is 2. The second-order valence-corrected chi connectivity index (χ2v) is 12.4. The predicted molar refractivity (Wildman–Crippen MR) is 172 cm³/mol. The van der Waals surface area contributed by atoms with Gasteiger partial charge in [-0.2, -0.15) is 0 Å². The molecule has 1 aromatic carbocycles. The van der Waals surface area contributed by atoms with Crippen LogP contribution in [0.25, 0.3) is 0 Å². The first kappa shape index (κ1) is 31.7. The number of alkyl halides is 1. The van der Waals surface area contributed by atoms with E-state index in [-0.39, 0.29) is 5.54 Å². The van der Waals surface area contributed by atoms with Crippen LogP contribution >= 0.6 is 0 Å². The first-order chi connectivity index (χ1) is 20.0. The normalized spacial score (nSPS) is 24.9. The highest BCUT2D eigenvalue weighted by molar-refractivity contribution is 5.53. The van der Waals surface area contributed by atoms with Crippen LogP contribution in [0.3, 0.4) is 0 Å². The fourth-order valence-electron chi connectivity index (χ4n) is 7.71. The lowest BCUT2D eigenvalue weighted by molar-refractivity contribution is 0.128. The van der Waals surface area contributed by atoms with Crippen LogP contribution in [0.15, 0.2) is 18.2 Å². The maximum absolute atomic E-state index is 14.6. The Morgan fingerprint density at radius 3 is 2.46 bits per heavy atom. The molecule has 5 nitrogen and oxygen atoms in total. The van der Waals surface area contributed by atoms with Crippen molar-refractivity contribution in [1.29, 1.82) is 0 Å². The maximum atomic E-state index is 14.6. The fraction of sp³-hybridized carbons (Fsp3) is 0.714. The smallest absolute Gasteiger partial charge is 0.135 e. The minimum atomic E-state index is -0.724. The summed E-state index contributed by atoms with van der Waals surface area (Å²) in [6.45, 7) is 14.3. The summed E-state index contributed by atoms with van der Waals surface area (Å²) in [6.07, 6.45) is 13.1. The average Bonchev–Trinajstić information content (AvgIpc) is 3.13. The Labute approximate surface area is 249 Å². The average molecular weight is 566 g/mol. The van der Waals surface area contributed by atoms with E-state index < -0.39 is 6.17 Å². The second-order valence-electron chi connectivity index (χ2n) is 12.4. The first-order valence-corrected chi connectivity index (χ1v) is 16.9. The minimum absolute atomic E-state index is 0.0741. The summed E-state index contributed by atoms with van der Waals surface area (Å²) in [4.78, 5) is 15.5. The van der Waals surface area contributed by atoms with E-state index in [1.807, 2.05) is 13.8 Å². The summed E-state index contributed by atoms with van der Waals surface area (Å²) >= 11 is 0. The van der Waals surface area contributed by atoms with Crippen LogP contribution < -0.4 is 10.6 Å². The molecular formula is C35H56FN5.